The summed E-state index contributed by atoms with van der Waals surface area (Å²) in [6, 6.07) is 4.73. The zero-order chi connectivity index (χ0) is 14.8. The number of nitro groups is 1. The third kappa shape index (κ3) is 3.44. The van der Waals surface area contributed by atoms with Crippen LogP contribution in [-0.2, 0) is 9.84 Å². The van der Waals surface area contributed by atoms with Gasteiger partial charge in [0.05, 0.1) is 9.67 Å². The van der Waals surface area contributed by atoms with Gasteiger partial charge in [-0.1, -0.05) is 12.1 Å². The molecule has 0 spiro atoms. The summed E-state index contributed by atoms with van der Waals surface area (Å²) in [5.74, 6) is 0. The number of aryl methyl sites for hydroxylation is 1. The molecule has 0 aliphatic heterocycles. The number of rotatable bonds is 5. The van der Waals surface area contributed by atoms with Crippen molar-refractivity contribution in [2.45, 2.75) is 25.5 Å². The Hall–Kier alpha value is -1.63. The maximum Gasteiger partial charge on any atom is 0.292 e. The summed E-state index contributed by atoms with van der Waals surface area (Å²) < 4.78 is 22.2. The minimum atomic E-state index is -3.25. The molecule has 6 nitrogen and oxygen atoms in total. The number of benzene rings is 1. The van der Waals surface area contributed by atoms with Crippen molar-refractivity contribution in [3.63, 3.8) is 0 Å². The Morgan fingerprint density at radius 3 is 2.42 bits per heavy atom. The van der Waals surface area contributed by atoms with E-state index >= 15 is 0 Å². The lowest BCUT2D eigenvalue weighted by molar-refractivity contribution is -0.384. The molecule has 0 unspecified atom stereocenters. The van der Waals surface area contributed by atoms with E-state index in [1.54, 1.807) is 32.9 Å². The SMILES string of the molecule is Cc1cccc([N+](=O)[O-])c1NCC(C)(C)S(C)(=O)=O. The summed E-state index contributed by atoms with van der Waals surface area (Å²) in [7, 11) is -3.25. The lowest BCUT2D eigenvalue weighted by Crippen LogP contribution is -2.38. The van der Waals surface area contributed by atoms with Crippen LogP contribution in [0.15, 0.2) is 18.2 Å². The number of hydrogen-bond donors (Lipinski definition) is 1. The molecule has 0 aromatic heterocycles. The minimum Gasteiger partial charge on any atom is -0.378 e. The molecular weight excluding hydrogens is 268 g/mol. The highest BCUT2D eigenvalue weighted by Gasteiger charge is 2.30. The van der Waals surface area contributed by atoms with E-state index in [1.165, 1.54) is 6.07 Å². The summed E-state index contributed by atoms with van der Waals surface area (Å²) >= 11 is 0. The number of para-hydroxylation sites is 1. The van der Waals surface area contributed by atoms with Crippen molar-refractivity contribution < 1.29 is 13.3 Å². The van der Waals surface area contributed by atoms with E-state index in [2.05, 4.69) is 5.32 Å². The molecular formula is C12H18N2O4S. The predicted octanol–water partition coefficient (Wildman–Crippen LogP) is 2.14. The second kappa shape index (κ2) is 5.16. The molecule has 106 valence electrons. The third-order valence-corrected chi connectivity index (χ3v) is 5.29. The molecule has 0 atom stereocenters. The van der Waals surface area contributed by atoms with Crippen molar-refractivity contribution in [3.05, 3.63) is 33.9 Å². The molecule has 1 aromatic rings. The Morgan fingerprint density at radius 1 is 1.37 bits per heavy atom. The standard InChI is InChI=1S/C12H18N2O4S/c1-9-6-5-7-10(14(15)16)11(9)13-8-12(2,3)19(4,17)18/h5-7,13H,8H2,1-4H3. The van der Waals surface area contributed by atoms with Crippen molar-refractivity contribution in [2.24, 2.45) is 0 Å². The van der Waals surface area contributed by atoms with Crippen LogP contribution in [-0.4, -0.2) is 30.9 Å². The van der Waals surface area contributed by atoms with E-state index in [4.69, 9.17) is 0 Å². The molecule has 0 radical (unpaired) electrons. The van der Waals surface area contributed by atoms with Crippen molar-refractivity contribution in [3.8, 4) is 0 Å². The van der Waals surface area contributed by atoms with Gasteiger partial charge in [0.2, 0.25) is 0 Å². The van der Waals surface area contributed by atoms with Crippen molar-refractivity contribution >= 4 is 21.2 Å². The number of nitrogens with zero attached hydrogens (tertiary/aromatic N) is 1. The smallest absolute Gasteiger partial charge is 0.292 e. The highest BCUT2D eigenvalue weighted by Crippen LogP contribution is 2.28. The average Bonchev–Trinajstić information content (AvgIpc) is 2.25. The summed E-state index contributed by atoms with van der Waals surface area (Å²) in [6.07, 6.45) is 1.15. The van der Waals surface area contributed by atoms with Gasteiger partial charge in [0, 0.05) is 18.9 Å². The van der Waals surface area contributed by atoms with Crippen LogP contribution in [0.5, 0.6) is 0 Å². The number of sulfone groups is 1. The van der Waals surface area contributed by atoms with Crippen LogP contribution >= 0.6 is 0 Å². The van der Waals surface area contributed by atoms with Crippen LogP contribution < -0.4 is 5.32 Å². The Kier molecular flexibility index (Phi) is 4.19. The number of nitro benzene ring substituents is 1. The van der Waals surface area contributed by atoms with E-state index in [0.717, 1.165) is 6.26 Å². The van der Waals surface area contributed by atoms with Gasteiger partial charge in [0.25, 0.3) is 5.69 Å². The number of anilines is 1. The van der Waals surface area contributed by atoms with E-state index < -0.39 is 19.5 Å². The Morgan fingerprint density at radius 2 is 1.95 bits per heavy atom. The van der Waals surface area contributed by atoms with Gasteiger partial charge in [-0.05, 0) is 26.3 Å². The zero-order valence-corrected chi connectivity index (χ0v) is 12.2. The number of hydrogen-bond acceptors (Lipinski definition) is 5. The first kappa shape index (κ1) is 15.4. The van der Waals surface area contributed by atoms with Crippen LogP contribution in [0.3, 0.4) is 0 Å². The fourth-order valence-electron chi connectivity index (χ4n) is 1.47. The Labute approximate surface area is 112 Å². The molecule has 7 heteroatoms. The predicted molar refractivity (Wildman–Crippen MR) is 75.2 cm³/mol. The summed E-state index contributed by atoms with van der Waals surface area (Å²) in [4.78, 5) is 10.5. The van der Waals surface area contributed by atoms with Crippen molar-refractivity contribution in [1.29, 1.82) is 0 Å². The van der Waals surface area contributed by atoms with Crippen LogP contribution in [0, 0.1) is 17.0 Å². The molecule has 0 amide bonds. The summed E-state index contributed by atoms with van der Waals surface area (Å²) in [5, 5.41) is 13.8. The molecule has 1 N–H and O–H groups in total. The minimum absolute atomic E-state index is 0.0516. The average molecular weight is 286 g/mol. The molecule has 0 bridgehead atoms. The van der Waals surface area contributed by atoms with E-state index in [0.29, 0.717) is 11.3 Å². The molecule has 1 aromatic carbocycles. The van der Waals surface area contributed by atoms with E-state index in [-0.39, 0.29) is 12.2 Å². The second-order valence-electron chi connectivity index (χ2n) is 5.11. The van der Waals surface area contributed by atoms with Crippen molar-refractivity contribution in [1.82, 2.24) is 0 Å². The maximum absolute atomic E-state index is 11.6. The summed E-state index contributed by atoms with van der Waals surface area (Å²) in [5.41, 5.74) is 1.02. The molecule has 19 heavy (non-hydrogen) atoms. The van der Waals surface area contributed by atoms with Crippen LogP contribution in [0.4, 0.5) is 11.4 Å². The van der Waals surface area contributed by atoms with Gasteiger partial charge >= 0.3 is 0 Å². The lowest BCUT2D eigenvalue weighted by Gasteiger charge is -2.23. The van der Waals surface area contributed by atoms with Gasteiger partial charge in [-0.2, -0.15) is 0 Å². The van der Waals surface area contributed by atoms with Crippen molar-refractivity contribution in [2.75, 3.05) is 18.1 Å². The quantitative estimate of drug-likeness (QED) is 0.661. The van der Waals surface area contributed by atoms with Crippen LogP contribution in [0.1, 0.15) is 19.4 Å². The van der Waals surface area contributed by atoms with Gasteiger partial charge in [-0.15, -0.1) is 0 Å². The first-order valence-corrected chi connectivity index (χ1v) is 7.63. The lowest BCUT2D eigenvalue weighted by atomic mass is 10.1. The van der Waals surface area contributed by atoms with Crippen LogP contribution in [0.25, 0.3) is 0 Å². The fraction of sp³-hybridized carbons (Fsp3) is 0.500. The first-order valence-electron chi connectivity index (χ1n) is 5.74. The Bertz CT molecular complexity index is 594. The largest absolute Gasteiger partial charge is 0.378 e. The molecule has 0 saturated carbocycles. The highest BCUT2D eigenvalue weighted by atomic mass is 32.2. The van der Waals surface area contributed by atoms with Gasteiger partial charge in [-0.3, -0.25) is 10.1 Å². The van der Waals surface area contributed by atoms with E-state index in [1.807, 2.05) is 0 Å². The third-order valence-electron chi connectivity index (χ3n) is 3.14. The second-order valence-corrected chi connectivity index (χ2v) is 7.76. The first-order chi connectivity index (χ1) is 8.56. The molecule has 0 aliphatic rings. The topological polar surface area (TPSA) is 89.3 Å². The number of nitrogens with one attached hydrogen (secondary N) is 1. The van der Waals surface area contributed by atoms with Gasteiger partial charge in [-0.25, -0.2) is 8.42 Å². The molecule has 1 rings (SSSR count). The zero-order valence-electron chi connectivity index (χ0n) is 11.4. The maximum atomic E-state index is 11.6. The fourth-order valence-corrected chi connectivity index (χ4v) is 1.80. The van der Waals surface area contributed by atoms with Gasteiger partial charge < -0.3 is 5.32 Å². The Balaban J connectivity index is 3.05. The highest BCUT2D eigenvalue weighted by molar-refractivity contribution is 7.92. The van der Waals surface area contributed by atoms with E-state index in [9.17, 15) is 18.5 Å². The monoisotopic (exact) mass is 286 g/mol. The van der Waals surface area contributed by atoms with Gasteiger partial charge in [0.15, 0.2) is 9.84 Å². The van der Waals surface area contributed by atoms with Crippen LogP contribution in [0.2, 0.25) is 0 Å². The molecule has 0 fully saturated rings. The van der Waals surface area contributed by atoms with Gasteiger partial charge in [0.1, 0.15) is 5.69 Å². The molecule has 0 aliphatic carbocycles. The summed E-state index contributed by atoms with van der Waals surface area (Å²) in [6.45, 7) is 5.01. The molecule has 0 saturated heterocycles. The normalized spacial score (nSPS) is 12.2. The molecule has 0 heterocycles.